The molecule has 1 N–H and O–H groups in total. The van der Waals surface area contributed by atoms with Crippen LogP contribution in [0.3, 0.4) is 0 Å². The molecular weight excluding hydrogens is 228 g/mol. The Bertz CT molecular complexity index is 517. The Labute approximate surface area is 94.8 Å². The maximum absolute atomic E-state index is 11.5. The quantitative estimate of drug-likeness (QED) is 0.873. The number of carboxylic acid groups (broad SMARTS) is 1. The van der Waals surface area contributed by atoms with Gasteiger partial charge in [-0.3, -0.25) is 4.79 Å². The van der Waals surface area contributed by atoms with Crippen molar-refractivity contribution in [1.29, 1.82) is 0 Å². The van der Waals surface area contributed by atoms with Gasteiger partial charge in [-0.05, 0) is 31.0 Å². The van der Waals surface area contributed by atoms with E-state index in [4.69, 9.17) is 5.11 Å². The van der Waals surface area contributed by atoms with Crippen LogP contribution in [-0.2, 0) is 14.6 Å². The summed E-state index contributed by atoms with van der Waals surface area (Å²) in [6.07, 6.45) is 1.08. The Morgan fingerprint density at radius 2 is 1.94 bits per heavy atom. The van der Waals surface area contributed by atoms with Gasteiger partial charge in [-0.1, -0.05) is 12.1 Å². The summed E-state index contributed by atoms with van der Waals surface area (Å²) in [5.41, 5.74) is 1.13. The first-order valence-electron chi connectivity index (χ1n) is 4.77. The first-order chi connectivity index (χ1) is 7.23. The van der Waals surface area contributed by atoms with E-state index in [0.717, 1.165) is 11.8 Å². The zero-order valence-electron chi connectivity index (χ0n) is 9.39. The number of aliphatic carboxylic acids is 1. The lowest BCUT2D eigenvalue weighted by Crippen LogP contribution is -2.12. The number of hydrogen-bond acceptors (Lipinski definition) is 3. The number of aryl methyl sites for hydroxylation is 1. The van der Waals surface area contributed by atoms with E-state index in [9.17, 15) is 13.2 Å². The van der Waals surface area contributed by atoms with Gasteiger partial charge in [-0.15, -0.1) is 0 Å². The fourth-order valence-corrected chi connectivity index (χ4v) is 2.53. The van der Waals surface area contributed by atoms with Crippen molar-refractivity contribution in [2.24, 2.45) is 0 Å². The van der Waals surface area contributed by atoms with Crippen molar-refractivity contribution in [3.05, 3.63) is 29.3 Å². The maximum atomic E-state index is 11.5. The Morgan fingerprint density at radius 1 is 1.38 bits per heavy atom. The molecule has 1 atom stereocenters. The molecule has 0 aliphatic rings. The standard InChI is InChI=1S/C11H14O4S/c1-7-4-5-9(8(2)11(12)13)10(6-7)16(3,14)15/h4-6,8H,1-3H3,(H,12,13). The molecule has 0 amide bonds. The predicted molar refractivity (Wildman–Crippen MR) is 60.3 cm³/mol. The van der Waals surface area contributed by atoms with Gasteiger partial charge in [0.2, 0.25) is 0 Å². The summed E-state index contributed by atoms with van der Waals surface area (Å²) in [5, 5.41) is 8.90. The SMILES string of the molecule is Cc1ccc(C(C)C(=O)O)c(S(C)(=O)=O)c1. The van der Waals surface area contributed by atoms with Crippen LogP contribution >= 0.6 is 0 Å². The Morgan fingerprint density at radius 3 is 2.38 bits per heavy atom. The fourth-order valence-electron chi connectivity index (χ4n) is 1.45. The van der Waals surface area contributed by atoms with Crippen LogP contribution < -0.4 is 0 Å². The molecule has 1 rings (SSSR count). The lowest BCUT2D eigenvalue weighted by molar-refractivity contribution is -0.138. The van der Waals surface area contributed by atoms with Gasteiger partial charge in [0.1, 0.15) is 0 Å². The van der Waals surface area contributed by atoms with Gasteiger partial charge in [-0.2, -0.15) is 0 Å². The van der Waals surface area contributed by atoms with E-state index in [1.54, 1.807) is 19.1 Å². The molecule has 4 nitrogen and oxygen atoms in total. The first-order valence-corrected chi connectivity index (χ1v) is 6.66. The average molecular weight is 242 g/mol. The molecule has 0 aromatic heterocycles. The molecular formula is C11H14O4S. The van der Waals surface area contributed by atoms with Crippen LogP contribution in [0.4, 0.5) is 0 Å². The smallest absolute Gasteiger partial charge is 0.310 e. The molecule has 5 heteroatoms. The molecule has 1 unspecified atom stereocenters. The van der Waals surface area contributed by atoms with E-state index in [1.807, 2.05) is 0 Å². The number of carbonyl (C=O) groups is 1. The van der Waals surface area contributed by atoms with Gasteiger partial charge < -0.3 is 5.11 Å². The number of hydrogen-bond donors (Lipinski definition) is 1. The van der Waals surface area contributed by atoms with Crippen molar-refractivity contribution in [2.45, 2.75) is 24.7 Å². The normalized spacial score (nSPS) is 13.4. The van der Waals surface area contributed by atoms with Gasteiger partial charge in [0, 0.05) is 6.26 Å². The van der Waals surface area contributed by atoms with Crippen molar-refractivity contribution in [3.63, 3.8) is 0 Å². The highest BCUT2D eigenvalue weighted by Gasteiger charge is 2.22. The molecule has 0 saturated carbocycles. The van der Waals surface area contributed by atoms with Crippen molar-refractivity contribution < 1.29 is 18.3 Å². The molecule has 1 aromatic rings. The van der Waals surface area contributed by atoms with Gasteiger partial charge in [-0.25, -0.2) is 8.42 Å². The molecule has 0 bridgehead atoms. The molecule has 1 aromatic carbocycles. The van der Waals surface area contributed by atoms with Crippen molar-refractivity contribution in [2.75, 3.05) is 6.26 Å². The summed E-state index contributed by atoms with van der Waals surface area (Å²) in [4.78, 5) is 11.0. The van der Waals surface area contributed by atoms with E-state index in [-0.39, 0.29) is 4.90 Å². The van der Waals surface area contributed by atoms with Crippen LogP contribution in [0.1, 0.15) is 24.0 Å². The van der Waals surface area contributed by atoms with Gasteiger partial charge in [0.25, 0.3) is 0 Å². The highest BCUT2D eigenvalue weighted by atomic mass is 32.2. The molecule has 16 heavy (non-hydrogen) atoms. The van der Waals surface area contributed by atoms with E-state index >= 15 is 0 Å². The first kappa shape index (κ1) is 12.7. The lowest BCUT2D eigenvalue weighted by atomic mass is 10.0. The summed E-state index contributed by atoms with van der Waals surface area (Å²) in [5.74, 6) is -1.86. The van der Waals surface area contributed by atoms with Gasteiger partial charge in [0.05, 0.1) is 10.8 Å². The molecule has 0 fully saturated rings. The summed E-state index contributed by atoms with van der Waals surface area (Å²) in [6.45, 7) is 3.24. The second-order valence-electron chi connectivity index (χ2n) is 3.87. The minimum atomic E-state index is -3.40. The molecule has 0 saturated heterocycles. The molecule has 0 aliphatic heterocycles. The third kappa shape index (κ3) is 2.61. The third-order valence-electron chi connectivity index (χ3n) is 2.41. The van der Waals surface area contributed by atoms with E-state index < -0.39 is 21.7 Å². The zero-order valence-corrected chi connectivity index (χ0v) is 10.2. The highest BCUT2D eigenvalue weighted by molar-refractivity contribution is 7.90. The summed E-state index contributed by atoms with van der Waals surface area (Å²) in [6, 6.07) is 4.78. The monoisotopic (exact) mass is 242 g/mol. The Kier molecular flexibility index (Phi) is 3.38. The summed E-state index contributed by atoms with van der Waals surface area (Å²) >= 11 is 0. The average Bonchev–Trinajstić information content (AvgIpc) is 2.15. The zero-order chi connectivity index (χ0) is 12.5. The number of benzene rings is 1. The van der Waals surface area contributed by atoms with E-state index in [1.165, 1.54) is 13.0 Å². The molecule has 0 heterocycles. The molecule has 0 aliphatic carbocycles. The van der Waals surface area contributed by atoms with Crippen LogP contribution in [0, 0.1) is 6.92 Å². The molecule has 0 spiro atoms. The topological polar surface area (TPSA) is 71.4 Å². The fraction of sp³-hybridized carbons (Fsp3) is 0.364. The number of carboxylic acids is 1. The van der Waals surface area contributed by atoms with Crippen LogP contribution in [0.25, 0.3) is 0 Å². The predicted octanol–water partition coefficient (Wildman–Crippen LogP) is 1.59. The maximum Gasteiger partial charge on any atom is 0.310 e. The lowest BCUT2D eigenvalue weighted by Gasteiger charge is -2.12. The summed E-state index contributed by atoms with van der Waals surface area (Å²) < 4.78 is 23.1. The van der Waals surface area contributed by atoms with Crippen molar-refractivity contribution >= 4 is 15.8 Å². The minimum absolute atomic E-state index is 0.0994. The van der Waals surface area contributed by atoms with Crippen LogP contribution in [-0.4, -0.2) is 25.7 Å². The van der Waals surface area contributed by atoms with Crippen molar-refractivity contribution in [3.8, 4) is 0 Å². The van der Waals surface area contributed by atoms with Crippen LogP contribution in [0.15, 0.2) is 23.1 Å². The van der Waals surface area contributed by atoms with E-state index in [0.29, 0.717) is 5.56 Å². The van der Waals surface area contributed by atoms with Gasteiger partial charge in [0.15, 0.2) is 9.84 Å². The van der Waals surface area contributed by atoms with Crippen LogP contribution in [0.5, 0.6) is 0 Å². The Hall–Kier alpha value is -1.36. The Balaban J connectivity index is 3.46. The van der Waals surface area contributed by atoms with Crippen LogP contribution in [0.2, 0.25) is 0 Å². The second-order valence-corrected chi connectivity index (χ2v) is 5.86. The number of sulfone groups is 1. The third-order valence-corrected chi connectivity index (χ3v) is 3.56. The van der Waals surface area contributed by atoms with E-state index in [2.05, 4.69) is 0 Å². The number of rotatable bonds is 3. The summed E-state index contributed by atoms with van der Waals surface area (Å²) in [7, 11) is -3.40. The highest BCUT2D eigenvalue weighted by Crippen LogP contribution is 2.25. The van der Waals surface area contributed by atoms with Crippen molar-refractivity contribution in [1.82, 2.24) is 0 Å². The minimum Gasteiger partial charge on any atom is -0.481 e. The molecule has 0 radical (unpaired) electrons. The van der Waals surface area contributed by atoms with Gasteiger partial charge >= 0.3 is 5.97 Å². The largest absolute Gasteiger partial charge is 0.481 e. The molecule has 88 valence electrons. The second kappa shape index (κ2) is 4.25.